The van der Waals surface area contributed by atoms with Crippen molar-refractivity contribution in [3.05, 3.63) is 520 Å². The molecule has 8 heteroatoms. The first-order chi connectivity index (χ1) is 54.7. The van der Waals surface area contributed by atoms with Crippen LogP contribution < -0.4 is 5.32 Å². The van der Waals surface area contributed by atoms with Crippen LogP contribution in [0.5, 0.6) is 0 Å². The van der Waals surface area contributed by atoms with Crippen molar-refractivity contribution in [2.45, 2.75) is 91.1 Å². The minimum absolute atomic E-state index is 0. The third-order valence-corrected chi connectivity index (χ3v) is 17.9. The summed E-state index contributed by atoms with van der Waals surface area (Å²) < 4.78 is 3.95. The SMILES string of the molecule is CC(C)c1cccc(C(C)C)c1NC(c1ccccc1)c1cc(-c2ccccc2)n(C)n1.CC(C)c1cccc(C(C)C)c1[N-]C(c1ccccc1)c1cc(-c2ccccc2)n(C)n1.[CH2-]c1ccccc1.[CH2-]c1ccccc1.[CH2-]c1ccccc1.[CH2-]c1ccccc1.[CH2-]c1ccccc1.[CH2-]c1ccccc1.[CH2-]c1ccccc1.[Zr+3].[Zr+4]. The van der Waals surface area contributed by atoms with Gasteiger partial charge in [0.15, 0.2) is 0 Å². The Morgan fingerprint density at radius 2 is 0.504 bits per heavy atom. The fraction of sp³-hybridized carbons (Fsp3) is 0.150. The molecule has 6 nitrogen and oxygen atoms in total. The minimum atomic E-state index is -0.169. The molecule has 115 heavy (non-hydrogen) atoms. The zero-order valence-electron chi connectivity index (χ0n) is 69.0. The van der Waals surface area contributed by atoms with Crippen LogP contribution in [0.4, 0.5) is 11.4 Å². The molecule has 1 N–H and O–H groups in total. The van der Waals surface area contributed by atoms with Gasteiger partial charge in [-0.15, -0.1) is 90.6 Å². The van der Waals surface area contributed by atoms with E-state index in [0.717, 1.165) is 78.5 Å². The van der Waals surface area contributed by atoms with Crippen LogP contribution in [0, 0.1) is 48.5 Å². The Morgan fingerprint density at radius 3 is 0.757 bits per heavy atom. The number of anilines is 1. The van der Waals surface area contributed by atoms with Crippen molar-refractivity contribution >= 4 is 11.4 Å². The van der Waals surface area contributed by atoms with Crippen LogP contribution in [-0.2, 0) is 66.5 Å². The third-order valence-electron chi connectivity index (χ3n) is 17.9. The number of rotatable bonds is 14. The first-order valence-corrected chi connectivity index (χ1v) is 38.8. The van der Waals surface area contributed by atoms with E-state index >= 15 is 0 Å². The van der Waals surface area contributed by atoms with E-state index in [1.165, 1.54) is 39.1 Å². The second-order valence-electron chi connectivity index (χ2n) is 28.4. The van der Waals surface area contributed by atoms with Crippen molar-refractivity contribution in [1.82, 2.24) is 19.6 Å². The summed E-state index contributed by atoms with van der Waals surface area (Å²) in [6, 6.07) is 129. The second kappa shape index (κ2) is 52.2. The molecule has 0 aliphatic rings. The van der Waals surface area contributed by atoms with E-state index in [1.54, 1.807) is 0 Å². The molecule has 2 atom stereocenters. The van der Waals surface area contributed by atoms with Crippen LogP contribution in [0.1, 0.15) is 175 Å². The summed E-state index contributed by atoms with van der Waals surface area (Å²) in [6.45, 7) is 44.0. The fourth-order valence-corrected chi connectivity index (χ4v) is 11.9. The van der Waals surface area contributed by atoms with Crippen molar-refractivity contribution in [3.8, 4) is 22.5 Å². The third kappa shape index (κ3) is 33.4. The number of para-hydroxylation sites is 2. The van der Waals surface area contributed by atoms with Gasteiger partial charge < -0.3 is 10.6 Å². The molecule has 0 saturated heterocycles. The monoisotopic (exact) mass is 1660 g/mol. The molecule has 0 bridgehead atoms. The van der Waals surface area contributed by atoms with E-state index < -0.39 is 0 Å². The Kier molecular flexibility index (Phi) is 42.8. The molecule has 2 unspecified atom stereocenters. The Balaban J connectivity index is 0.000000257. The maximum Gasteiger partial charge on any atom is 4.00 e. The summed E-state index contributed by atoms with van der Waals surface area (Å²) in [7, 11) is 4.03. The summed E-state index contributed by atoms with van der Waals surface area (Å²) in [4.78, 5) is 0. The fourth-order valence-electron chi connectivity index (χ4n) is 11.9. The average molecular weight is 1670 g/mol. The topological polar surface area (TPSA) is 61.8 Å². The van der Waals surface area contributed by atoms with Crippen LogP contribution >= 0.6 is 0 Å². The van der Waals surface area contributed by atoms with Gasteiger partial charge in [0.05, 0.1) is 28.8 Å². The molecule has 1 radical (unpaired) electrons. The number of hydrogen-bond donors (Lipinski definition) is 1. The summed E-state index contributed by atoms with van der Waals surface area (Å²) in [6.07, 6.45) is 0. The van der Waals surface area contributed by atoms with Gasteiger partial charge in [-0.3, -0.25) is 9.36 Å². The van der Waals surface area contributed by atoms with Crippen LogP contribution in [0.2, 0.25) is 0 Å². The summed E-state index contributed by atoms with van der Waals surface area (Å²) in [5, 5.41) is 19.2. The van der Waals surface area contributed by atoms with E-state index in [9.17, 15) is 0 Å². The molecule has 15 aromatic rings. The van der Waals surface area contributed by atoms with E-state index in [0.29, 0.717) is 23.7 Å². The number of nitrogens with one attached hydrogen (secondary N) is 1. The van der Waals surface area contributed by atoms with Crippen molar-refractivity contribution in [2.24, 2.45) is 14.1 Å². The van der Waals surface area contributed by atoms with Crippen molar-refractivity contribution in [3.63, 3.8) is 0 Å². The Labute approximate surface area is 729 Å². The largest absolute Gasteiger partial charge is 4.00 e. The number of aryl methyl sites for hydroxylation is 2. The standard InChI is InChI=1S/C29H33N3.C29H32N3.7C7H7.2Zr/c2*1-20(2)24-17-12-18-25(21(3)4)29(24)30-28(23-15-10-7-11-16-23)26-19-27(32(5)31-26)22-13-8-6-9-14-22;7*1-7-5-3-2-4-6-7;;/h6-21,28,30H,1-5H3;6-21,28H,1-5H3;7*2-6H,1H2;;/q;8*-1;+3;+4. The minimum Gasteiger partial charge on any atom is -0.673 e. The molecule has 0 aliphatic heterocycles. The molecule has 15 rings (SSSR count). The molecule has 13 aromatic carbocycles. The number of aromatic nitrogens is 4. The van der Waals surface area contributed by atoms with Crippen LogP contribution in [0.25, 0.3) is 27.8 Å². The Morgan fingerprint density at radius 1 is 0.278 bits per heavy atom. The van der Waals surface area contributed by atoms with Gasteiger partial charge in [0.2, 0.25) is 0 Å². The maximum atomic E-state index is 5.41. The van der Waals surface area contributed by atoms with Gasteiger partial charge in [0, 0.05) is 19.8 Å². The van der Waals surface area contributed by atoms with Crippen LogP contribution in [-0.4, -0.2) is 19.6 Å². The van der Waals surface area contributed by atoms with E-state index in [2.05, 4.69) is 267 Å². The van der Waals surface area contributed by atoms with Gasteiger partial charge in [-0.05, 0) is 69.7 Å². The number of nitrogens with zero attached hydrogens (tertiary/aromatic N) is 5. The molecule has 581 valence electrons. The average Bonchev–Trinajstić information content (AvgIpc) is 1.67. The molecule has 0 aliphatic carbocycles. The first kappa shape index (κ1) is 94.3. The summed E-state index contributed by atoms with van der Waals surface area (Å²) in [5.74, 6) is 1.65. The molecule has 0 saturated carbocycles. The van der Waals surface area contributed by atoms with Crippen LogP contribution in [0.15, 0.2) is 382 Å². The molecule has 0 spiro atoms. The smallest absolute Gasteiger partial charge is 0.673 e. The van der Waals surface area contributed by atoms with E-state index in [1.807, 2.05) is 248 Å². The number of hydrogen-bond acceptors (Lipinski definition) is 3. The summed E-state index contributed by atoms with van der Waals surface area (Å²) in [5.41, 5.74) is 24.0. The predicted octanol–water partition coefficient (Wildman–Crippen LogP) is 28.7. The first-order valence-electron chi connectivity index (χ1n) is 38.8. The maximum absolute atomic E-state index is 5.41. The Bertz CT molecular complexity index is 4370. The van der Waals surface area contributed by atoms with Gasteiger partial charge in [-0.25, -0.2) is 0 Å². The predicted molar refractivity (Wildman–Crippen MR) is 486 cm³/mol. The van der Waals surface area contributed by atoms with Crippen molar-refractivity contribution in [1.29, 1.82) is 0 Å². The van der Waals surface area contributed by atoms with Gasteiger partial charge in [-0.2, -0.15) is 183 Å². The second-order valence-corrected chi connectivity index (χ2v) is 28.4. The van der Waals surface area contributed by atoms with Crippen LogP contribution in [0.3, 0.4) is 0 Å². The molecule has 2 heterocycles. The van der Waals surface area contributed by atoms with Gasteiger partial charge in [0.1, 0.15) is 0 Å². The van der Waals surface area contributed by atoms with E-state index in [4.69, 9.17) is 15.5 Å². The normalized spacial score (nSPS) is 10.5. The van der Waals surface area contributed by atoms with Gasteiger partial charge in [-0.1, -0.05) is 272 Å². The van der Waals surface area contributed by atoms with Crippen molar-refractivity contribution < 1.29 is 52.4 Å². The van der Waals surface area contributed by atoms with Crippen molar-refractivity contribution in [2.75, 3.05) is 5.32 Å². The Hall–Kier alpha value is -11.3. The van der Waals surface area contributed by atoms with Gasteiger partial charge >= 0.3 is 52.4 Å². The zero-order valence-corrected chi connectivity index (χ0v) is 73.9. The number of benzene rings is 13. The van der Waals surface area contributed by atoms with Gasteiger partial charge in [0.25, 0.3) is 0 Å². The quantitative estimate of drug-likeness (QED) is 0.110. The molecule has 0 fully saturated rings. The molecule has 0 amide bonds. The molecule has 2 aromatic heterocycles. The summed E-state index contributed by atoms with van der Waals surface area (Å²) >= 11 is 0. The van der Waals surface area contributed by atoms with E-state index in [-0.39, 0.29) is 64.5 Å². The zero-order chi connectivity index (χ0) is 81.1. The molecular weight excluding hydrogens is 1550 g/mol. The molecular formula is C107H114N6Zr2-.